The van der Waals surface area contributed by atoms with Crippen molar-refractivity contribution in [2.45, 2.75) is 19.9 Å². The zero-order valence-electron chi connectivity index (χ0n) is 9.21. The molecule has 0 radical (unpaired) electrons. The van der Waals surface area contributed by atoms with Crippen molar-refractivity contribution in [3.05, 3.63) is 35.4 Å². The summed E-state index contributed by atoms with van der Waals surface area (Å²) in [6.45, 7) is 5.41. The van der Waals surface area contributed by atoms with Crippen molar-refractivity contribution in [2.75, 3.05) is 18.6 Å². The van der Waals surface area contributed by atoms with Gasteiger partial charge in [-0.2, -0.15) is 11.8 Å². The summed E-state index contributed by atoms with van der Waals surface area (Å²) in [5.74, 6) is 1.18. The predicted octanol–water partition coefficient (Wildman–Crippen LogP) is 3.01. The van der Waals surface area contributed by atoms with Crippen LogP contribution >= 0.6 is 11.8 Å². The van der Waals surface area contributed by atoms with Crippen molar-refractivity contribution < 1.29 is 0 Å². The zero-order chi connectivity index (χ0) is 10.4. The van der Waals surface area contributed by atoms with Gasteiger partial charge in [0.05, 0.1) is 0 Å². The molecule has 1 aromatic carbocycles. The fourth-order valence-corrected chi connectivity index (χ4v) is 1.67. The molecule has 0 aliphatic carbocycles. The zero-order valence-corrected chi connectivity index (χ0v) is 10.0. The van der Waals surface area contributed by atoms with Gasteiger partial charge in [0.2, 0.25) is 0 Å². The number of rotatable bonds is 5. The van der Waals surface area contributed by atoms with Crippen LogP contribution in [0.4, 0.5) is 0 Å². The molecule has 1 nitrogen and oxygen atoms in total. The van der Waals surface area contributed by atoms with Crippen LogP contribution in [0, 0.1) is 6.92 Å². The molecule has 1 rings (SSSR count). The summed E-state index contributed by atoms with van der Waals surface area (Å²) < 4.78 is 0. The molecule has 0 aromatic heterocycles. The fourth-order valence-electron chi connectivity index (χ4n) is 1.35. The first-order valence-corrected chi connectivity index (χ1v) is 6.42. The maximum absolute atomic E-state index is 3.50. The van der Waals surface area contributed by atoms with Crippen molar-refractivity contribution in [1.29, 1.82) is 0 Å². The number of benzene rings is 1. The van der Waals surface area contributed by atoms with Gasteiger partial charge in [0.25, 0.3) is 0 Å². The summed E-state index contributed by atoms with van der Waals surface area (Å²) in [5, 5.41) is 3.50. The Morgan fingerprint density at radius 3 is 2.50 bits per heavy atom. The summed E-state index contributed by atoms with van der Waals surface area (Å²) >= 11 is 1.88. The minimum atomic E-state index is 0.461. The second-order valence-corrected chi connectivity index (χ2v) is 4.56. The van der Waals surface area contributed by atoms with Crippen LogP contribution in [0.5, 0.6) is 0 Å². The van der Waals surface area contributed by atoms with Crippen LogP contribution in [0.15, 0.2) is 24.3 Å². The van der Waals surface area contributed by atoms with Crippen molar-refractivity contribution >= 4 is 11.8 Å². The minimum Gasteiger partial charge on any atom is -0.309 e. The van der Waals surface area contributed by atoms with E-state index in [4.69, 9.17) is 0 Å². The highest BCUT2D eigenvalue weighted by Gasteiger charge is 2.02. The third kappa shape index (κ3) is 3.72. The van der Waals surface area contributed by atoms with Gasteiger partial charge in [-0.3, -0.25) is 0 Å². The van der Waals surface area contributed by atoms with E-state index in [0.717, 1.165) is 6.54 Å². The number of hydrogen-bond donors (Lipinski definition) is 1. The standard InChI is InChI=1S/C12H19NS/c1-10-4-6-12(7-5-10)11(2)13-8-9-14-3/h4-7,11,13H,8-9H2,1-3H3/t11-/m0/s1. The molecule has 0 aliphatic rings. The van der Waals surface area contributed by atoms with E-state index < -0.39 is 0 Å². The molecule has 0 fully saturated rings. The molecule has 78 valence electrons. The summed E-state index contributed by atoms with van der Waals surface area (Å²) in [7, 11) is 0. The minimum absolute atomic E-state index is 0.461. The van der Waals surface area contributed by atoms with Gasteiger partial charge < -0.3 is 5.32 Å². The molecule has 0 saturated carbocycles. The van der Waals surface area contributed by atoms with Crippen molar-refractivity contribution in [1.82, 2.24) is 5.32 Å². The van der Waals surface area contributed by atoms with Gasteiger partial charge in [-0.25, -0.2) is 0 Å². The first kappa shape index (κ1) is 11.6. The highest BCUT2D eigenvalue weighted by molar-refractivity contribution is 7.98. The molecule has 0 heterocycles. The third-order valence-corrected chi connectivity index (χ3v) is 2.95. The Hall–Kier alpha value is -0.470. The van der Waals surface area contributed by atoms with Gasteiger partial charge in [0.1, 0.15) is 0 Å². The second kappa shape index (κ2) is 6.10. The first-order valence-electron chi connectivity index (χ1n) is 5.03. The van der Waals surface area contributed by atoms with Gasteiger partial charge in [-0.05, 0) is 25.7 Å². The van der Waals surface area contributed by atoms with E-state index in [-0.39, 0.29) is 0 Å². The highest BCUT2D eigenvalue weighted by Crippen LogP contribution is 2.12. The molecule has 1 atom stereocenters. The van der Waals surface area contributed by atoms with Crippen LogP contribution in [0.3, 0.4) is 0 Å². The topological polar surface area (TPSA) is 12.0 Å². The first-order chi connectivity index (χ1) is 6.74. The van der Waals surface area contributed by atoms with Crippen LogP contribution in [-0.4, -0.2) is 18.6 Å². The highest BCUT2D eigenvalue weighted by atomic mass is 32.2. The van der Waals surface area contributed by atoms with Gasteiger partial charge >= 0.3 is 0 Å². The average Bonchev–Trinajstić information content (AvgIpc) is 2.19. The maximum atomic E-state index is 3.50. The van der Waals surface area contributed by atoms with Crippen LogP contribution in [0.25, 0.3) is 0 Å². The molecule has 0 bridgehead atoms. The van der Waals surface area contributed by atoms with E-state index >= 15 is 0 Å². The smallest absolute Gasteiger partial charge is 0.0292 e. The van der Waals surface area contributed by atoms with E-state index in [1.165, 1.54) is 16.9 Å². The molecule has 2 heteroatoms. The van der Waals surface area contributed by atoms with E-state index in [1.807, 2.05) is 11.8 Å². The van der Waals surface area contributed by atoms with E-state index in [2.05, 4.69) is 49.7 Å². The molecule has 14 heavy (non-hydrogen) atoms. The Balaban J connectivity index is 2.43. The Labute approximate surface area is 91.3 Å². The normalized spacial score (nSPS) is 12.8. The number of nitrogens with one attached hydrogen (secondary N) is 1. The van der Waals surface area contributed by atoms with Gasteiger partial charge in [0.15, 0.2) is 0 Å². The lowest BCUT2D eigenvalue weighted by atomic mass is 10.1. The molecule has 0 amide bonds. The van der Waals surface area contributed by atoms with Crippen LogP contribution in [-0.2, 0) is 0 Å². The quantitative estimate of drug-likeness (QED) is 0.748. The maximum Gasteiger partial charge on any atom is 0.0292 e. The average molecular weight is 209 g/mol. The Bertz CT molecular complexity index is 256. The van der Waals surface area contributed by atoms with Crippen molar-refractivity contribution in [3.63, 3.8) is 0 Å². The summed E-state index contributed by atoms with van der Waals surface area (Å²) in [6.07, 6.45) is 2.14. The molecular weight excluding hydrogens is 190 g/mol. The summed E-state index contributed by atoms with van der Waals surface area (Å²) in [5.41, 5.74) is 2.70. The second-order valence-electron chi connectivity index (χ2n) is 3.58. The summed E-state index contributed by atoms with van der Waals surface area (Å²) in [4.78, 5) is 0. The molecular formula is C12H19NS. The number of hydrogen-bond acceptors (Lipinski definition) is 2. The fraction of sp³-hybridized carbons (Fsp3) is 0.500. The van der Waals surface area contributed by atoms with E-state index in [0.29, 0.717) is 6.04 Å². The van der Waals surface area contributed by atoms with Crippen molar-refractivity contribution in [3.8, 4) is 0 Å². The van der Waals surface area contributed by atoms with E-state index in [1.54, 1.807) is 0 Å². The predicted molar refractivity (Wildman–Crippen MR) is 66.0 cm³/mol. The Morgan fingerprint density at radius 1 is 1.29 bits per heavy atom. The number of thioether (sulfide) groups is 1. The molecule has 0 unspecified atom stereocenters. The summed E-state index contributed by atoms with van der Waals surface area (Å²) in [6, 6.07) is 9.20. The lowest BCUT2D eigenvalue weighted by Crippen LogP contribution is -2.21. The van der Waals surface area contributed by atoms with Gasteiger partial charge in [0, 0.05) is 18.3 Å². The van der Waals surface area contributed by atoms with Gasteiger partial charge in [-0.1, -0.05) is 29.8 Å². The molecule has 0 spiro atoms. The lowest BCUT2D eigenvalue weighted by molar-refractivity contribution is 0.601. The van der Waals surface area contributed by atoms with Crippen LogP contribution in [0.1, 0.15) is 24.1 Å². The van der Waals surface area contributed by atoms with Gasteiger partial charge in [-0.15, -0.1) is 0 Å². The van der Waals surface area contributed by atoms with Crippen LogP contribution < -0.4 is 5.32 Å². The van der Waals surface area contributed by atoms with Crippen LogP contribution in [0.2, 0.25) is 0 Å². The molecule has 0 saturated heterocycles. The van der Waals surface area contributed by atoms with E-state index in [9.17, 15) is 0 Å². The molecule has 1 aromatic rings. The Kier molecular flexibility index (Phi) is 5.05. The molecule has 1 N–H and O–H groups in total. The third-order valence-electron chi connectivity index (χ3n) is 2.33. The lowest BCUT2D eigenvalue weighted by Gasteiger charge is -2.13. The Morgan fingerprint density at radius 2 is 1.93 bits per heavy atom. The SMILES string of the molecule is CSCCN[C@@H](C)c1ccc(C)cc1. The number of aryl methyl sites for hydroxylation is 1. The largest absolute Gasteiger partial charge is 0.309 e. The monoisotopic (exact) mass is 209 g/mol. The molecule has 0 aliphatic heterocycles. The van der Waals surface area contributed by atoms with Crippen molar-refractivity contribution in [2.24, 2.45) is 0 Å².